The van der Waals surface area contributed by atoms with Crippen LogP contribution in [0.25, 0.3) is 0 Å². The molecule has 2 aromatic carbocycles. The molecule has 2 aromatic rings. The molecule has 29 heavy (non-hydrogen) atoms. The Hall–Kier alpha value is -1.87. The molecule has 6 nitrogen and oxygen atoms in total. The van der Waals surface area contributed by atoms with Crippen molar-refractivity contribution < 1.29 is 17.9 Å². The number of carbonyl (C=O) groups is 1. The summed E-state index contributed by atoms with van der Waals surface area (Å²) in [6, 6.07) is 13.7. The number of benzene rings is 2. The predicted octanol–water partition coefficient (Wildman–Crippen LogP) is 3.90. The van der Waals surface area contributed by atoms with Crippen molar-refractivity contribution in [2.75, 3.05) is 24.2 Å². The fourth-order valence-electron chi connectivity index (χ4n) is 3.00. The second-order valence-corrected chi connectivity index (χ2v) is 9.71. The average Bonchev–Trinajstić information content (AvgIpc) is 3.25. The monoisotopic (exact) mass is 434 g/mol. The number of rotatable bonds is 9. The van der Waals surface area contributed by atoms with Crippen LogP contribution in [0.4, 0.5) is 5.69 Å². The largest absolute Gasteiger partial charge is 0.377 e. The van der Waals surface area contributed by atoms with Crippen LogP contribution in [0, 0.1) is 0 Å². The van der Waals surface area contributed by atoms with E-state index in [-0.39, 0.29) is 23.5 Å². The molecule has 1 heterocycles. The quantitative estimate of drug-likeness (QED) is 0.585. The Morgan fingerprint density at radius 1 is 1.17 bits per heavy atom. The first kappa shape index (κ1) is 21.8. The molecule has 0 radical (unpaired) electrons. The molecular formula is C21H26N2O4S2. The summed E-state index contributed by atoms with van der Waals surface area (Å²) < 4.78 is 32.9. The van der Waals surface area contributed by atoms with Gasteiger partial charge in [0.05, 0.1) is 16.6 Å². The van der Waals surface area contributed by atoms with Gasteiger partial charge in [0.25, 0.3) is 5.91 Å². The normalized spacial score (nSPS) is 16.7. The van der Waals surface area contributed by atoms with E-state index in [2.05, 4.69) is 17.0 Å². The minimum atomic E-state index is -3.61. The Morgan fingerprint density at radius 3 is 2.62 bits per heavy atom. The van der Waals surface area contributed by atoms with Crippen LogP contribution in [-0.4, -0.2) is 39.3 Å². The zero-order valence-corrected chi connectivity index (χ0v) is 18.0. The minimum absolute atomic E-state index is 0.0611. The summed E-state index contributed by atoms with van der Waals surface area (Å²) in [7, 11) is -3.61. The van der Waals surface area contributed by atoms with Crippen LogP contribution in [0.5, 0.6) is 0 Å². The molecule has 1 aliphatic heterocycles. The van der Waals surface area contributed by atoms with Gasteiger partial charge < -0.3 is 10.1 Å². The molecule has 1 saturated heterocycles. The van der Waals surface area contributed by atoms with Gasteiger partial charge in [-0.1, -0.05) is 19.1 Å². The second-order valence-electron chi connectivity index (χ2n) is 6.81. The van der Waals surface area contributed by atoms with Crippen LogP contribution in [0.15, 0.2) is 58.3 Å². The molecule has 0 saturated carbocycles. The number of carbonyl (C=O) groups excluding carboxylic acids is 1. The highest BCUT2D eigenvalue weighted by Gasteiger charge is 2.20. The van der Waals surface area contributed by atoms with Crippen molar-refractivity contribution in [3.05, 3.63) is 54.1 Å². The Balaban J connectivity index is 1.63. The van der Waals surface area contributed by atoms with E-state index in [9.17, 15) is 13.2 Å². The van der Waals surface area contributed by atoms with E-state index in [0.717, 1.165) is 29.9 Å². The highest BCUT2D eigenvalue weighted by atomic mass is 32.2. The lowest BCUT2D eigenvalue weighted by molar-refractivity contribution is 0.102. The van der Waals surface area contributed by atoms with Crippen molar-refractivity contribution in [3.8, 4) is 0 Å². The maximum atomic E-state index is 12.7. The zero-order chi connectivity index (χ0) is 20.7. The highest BCUT2D eigenvalue weighted by molar-refractivity contribution is 7.99. The summed E-state index contributed by atoms with van der Waals surface area (Å²) in [6.45, 7) is 3.05. The lowest BCUT2D eigenvalue weighted by Gasteiger charge is -2.12. The summed E-state index contributed by atoms with van der Waals surface area (Å²) in [5.74, 6) is 0.728. The molecule has 1 aliphatic rings. The molecule has 1 atom stereocenters. The predicted molar refractivity (Wildman–Crippen MR) is 116 cm³/mol. The van der Waals surface area contributed by atoms with Crippen LogP contribution < -0.4 is 10.0 Å². The van der Waals surface area contributed by atoms with E-state index in [1.54, 1.807) is 30.0 Å². The van der Waals surface area contributed by atoms with Crippen molar-refractivity contribution in [3.63, 3.8) is 0 Å². The molecule has 0 aromatic heterocycles. The van der Waals surface area contributed by atoms with Gasteiger partial charge in [0, 0.05) is 23.7 Å². The minimum Gasteiger partial charge on any atom is -0.377 e. The summed E-state index contributed by atoms with van der Waals surface area (Å²) in [5, 5.41) is 2.84. The summed E-state index contributed by atoms with van der Waals surface area (Å²) in [5.41, 5.74) is 1.16. The Morgan fingerprint density at radius 2 is 1.93 bits per heavy atom. The second kappa shape index (κ2) is 10.2. The smallest absolute Gasteiger partial charge is 0.256 e. The third-order valence-corrected chi connectivity index (χ3v) is 7.26. The summed E-state index contributed by atoms with van der Waals surface area (Å²) in [6.07, 6.45) is 2.79. The van der Waals surface area contributed by atoms with Crippen LogP contribution in [0.3, 0.4) is 0 Å². The van der Waals surface area contributed by atoms with Crippen LogP contribution >= 0.6 is 11.8 Å². The Bertz CT molecular complexity index is 924. The number of sulfonamides is 1. The molecule has 0 unspecified atom stereocenters. The van der Waals surface area contributed by atoms with E-state index < -0.39 is 10.0 Å². The van der Waals surface area contributed by atoms with E-state index in [0.29, 0.717) is 17.9 Å². The lowest BCUT2D eigenvalue weighted by atomic mass is 10.2. The van der Waals surface area contributed by atoms with Gasteiger partial charge >= 0.3 is 0 Å². The number of thioether (sulfide) groups is 1. The first-order valence-electron chi connectivity index (χ1n) is 9.74. The van der Waals surface area contributed by atoms with Gasteiger partial charge in [-0.3, -0.25) is 4.79 Å². The van der Waals surface area contributed by atoms with Gasteiger partial charge in [0.15, 0.2) is 0 Å². The number of nitrogens with one attached hydrogen (secondary N) is 2. The van der Waals surface area contributed by atoms with Crippen LogP contribution in [0.2, 0.25) is 0 Å². The fraction of sp³-hybridized carbons (Fsp3) is 0.381. The van der Waals surface area contributed by atoms with E-state index in [4.69, 9.17) is 4.74 Å². The van der Waals surface area contributed by atoms with Gasteiger partial charge in [0.2, 0.25) is 10.0 Å². The summed E-state index contributed by atoms with van der Waals surface area (Å²) in [4.78, 5) is 13.8. The fourth-order valence-corrected chi connectivity index (χ4v) is 4.98. The van der Waals surface area contributed by atoms with Crippen molar-refractivity contribution in [2.24, 2.45) is 0 Å². The topological polar surface area (TPSA) is 84.5 Å². The molecule has 0 aliphatic carbocycles. The van der Waals surface area contributed by atoms with Gasteiger partial charge in [-0.25, -0.2) is 13.1 Å². The van der Waals surface area contributed by atoms with Gasteiger partial charge in [0.1, 0.15) is 0 Å². The lowest BCUT2D eigenvalue weighted by Crippen LogP contribution is -2.31. The molecule has 1 amide bonds. The maximum absolute atomic E-state index is 12.7. The maximum Gasteiger partial charge on any atom is 0.256 e. The molecule has 0 spiro atoms. The standard InChI is InChI=1S/C21H26N2O4S2/c1-2-14-28-20-8-4-3-7-19(20)21(24)23-16-9-11-18(12-10-16)29(25,26)22-15-17-6-5-13-27-17/h3-4,7-12,17,22H,2,5-6,13-15H2,1H3,(H,23,24)/t17-/m1/s1. The van der Waals surface area contributed by atoms with E-state index >= 15 is 0 Å². The van der Waals surface area contributed by atoms with Crippen molar-refractivity contribution in [2.45, 2.75) is 42.1 Å². The van der Waals surface area contributed by atoms with E-state index in [1.807, 2.05) is 18.2 Å². The third kappa shape index (κ3) is 6.05. The van der Waals surface area contributed by atoms with Crippen molar-refractivity contribution in [1.82, 2.24) is 4.72 Å². The SMILES string of the molecule is CCCSc1ccccc1C(=O)Nc1ccc(S(=O)(=O)NC[C@H]2CCCO2)cc1. The van der Waals surface area contributed by atoms with Gasteiger partial charge in [-0.2, -0.15) is 0 Å². The highest BCUT2D eigenvalue weighted by Crippen LogP contribution is 2.24. The Kier molecular flexibility index (Phi) is 7.71. The number of ether oxygens (including phenoxy) is 1. The number of hydrogen-bond acceptors (Lipinski definition) is 5. The summed E-state index contributed by atoms with van der Waals surface area (Å²) >= 11 is 1.65. The Labute approximate surface area is 176 Å². The van der Waals surface area contributed by atoms with Crippen LogP contribution in [-0.2, 0) is 14.8 Å². The van der Waals surface area contributed by atoms with Crippen molar-refractivity contribution in [1.29, 1.82) is 0 Å². The number of hydrogen-bond donors (Lipinski definition) is 2. The third-order valence-electron chi connectivity index (χ3n) is 4.54. The number of anilines is 1. The molecule has 8 heteroatoms. The first-order chi connectivity index (χ1) is 14.0. The molecule has 2 N–H and O–H groups in total. The first-order valence-corrected chi connectivity index (χ1v) is 12.2. The van der Waals surface area contributed by atoms with E-state index in [1.165, 1.54) is 12.1 Å². The van der Waals surface area contributed by atoms with Gasteiger partial charge in [-0.05, 0) is 61.4 Å². The molecular weight excluding hydrogens is 408 g/mol. The van der Waals surface area contributed by atoms with Crippen LogP contribution in [0.1, 0.15) is 36.5 Å². The average molecular weight is 435 g/mol. The molecule has 0 bridgehead atoms. The zero-order valence-electron chi connectivity index (χ0n) is 16.4. The number of amides is 1. The molecule has 1 fully saturated rings. The molecule has 156 valence electrons. The van der Waals surface area contributed by atoms with Crippen molar-refractivity contribution >= 4 is 33.4 Å². The molecule has 3 rings (SSSR count). The van der Waals surface area contributed by atoms with Gasteiger partial charge in [-0.15, -0.1) is 11.8 Å².